The molecule has 5 heteroatoms. The number of carbonyl (C=O) groups excluding carboxylic acids is 2. The van der Waals surface area contributed by atoms with Crippen LogP contribution in [0.15, 0.2) is 0 Å². The van der Waals surface area contributed by atoms with Gasteiger partial charge in [-0.3, -0.25) is 9.59 Å². The van der Waals surface area contributed by atoms with Gasteiger partial charge in [0.15, 0.2) is 5.78 Å². The minimum Gasteiger partial charge on any atom is -0.395 e. The first kappa shape index (κ1) is 15.1. The molecular weight excluding hydrogens is 208 g/mol. The molecule has 0 aliphatic rings. The Morgan fingerprint density at radius 2 is 1.94 bits per heavy atom. The van der Waals surface area contributed by atoms with E-state index in [1.165, 1.54) is 11.8 Å². The average Bonchev–Trinajstić information content (AvgIpc) is 2.23. The number of likely N-dealkylation sites (N-methyl/N-ethyl adjacent to an activating group) is 1. The van der Waals surface area contributed by atoms with Gasteiger partial charge in [0.05, 0.1) is 13.2 Å². The highest BCUT2D eigenvalue weighted by Gasteiger charge is 2.18. The van der Waals surface area contributed by atoms with E-state index >= 15 is 0 Å². The lowest BCUT2D eigenvalue weighted by Gasteiger charge is -2.25. The molecule has 0 aliphatic carbocycles. The average molecular weight is 230 g/mol. The third-order valence-electron chi connectivity index (χ3n) is 2.51. The minimum atomic E-state index is -0.191. The van der Waals surface area contributed by atoms with Gasteiger partial charge in [-0.15, -0.1) is 0 Å². The molecule has 1 atom stereocenters. The smallest absolute Gasteiger partial charge is 0.219 e. The number of aliphatic hydroxyl groups is 1. The number of hydrogen-bond acceptors (Lipinski definition) is 4. The Morgan fingerprint density at radius 3 is 2.25 bits per heavy atom. The SMILES string of the molecule is CNC(CO)CN(CC(=O)C(C)C)C(C)=O. The van der Waals surface area contributed by atoms with Gasteiger partial charge in [0.25, 0.3) is 0 Å². The van der Waals surface area contributed by atoms with E-state index in [1.54, 1.807) is 7.05 Å². The number of nitrogens with one attached hydrogen (secondary N) is 1. The third kappa shape index (κ3) is 5.23. The molecule has 0 aliphatic heterocycles. The molecule has 0 aromatic carbocycles. The molecule has 1 unspecified atom stereocenters. The molecule has 0 rings (SSSR count). The Kier molecular flexibility index (Phi) is 6.92. The monoisotopic (exact) mass is 230 g/mol. The van der Waals surface area contributed by atoms with E-state index in [4.69, 9.17) is 5.11 Å². The van der Waals surface area contributed by atoms with Crippen molar-refractivity contribution >= 4 is 11.7 Å². The van der Waals surface area contributed by atoms with E-state index in [2.05, 4.69) is 5.32 Å². The van der Waals surface area contributed by atoms with Crippen LogP contribution >= 0.6 is 0 Å². The minimum absolute atomic E-state index is 0.0305. The summed E-state index contributed by atoms with van der Waals surface area (Å²) in [5.74, 6) is -0.199. The third-order valence-corrected chi connectivity index (χ3v) is 2.51. The van der Waals surface area contributed by atoms with Crippen LogP contribution in [0.3, 0.4) is 0 Å². The molecular formula is C11H22N2O3. The quantitative estimate of drug-likeness (QED) is 0.626. The van der Waals surface area contributed by atoms with E-state index in [9.17, 15) is 9.59 Å². The maximum Gasteiger partial charge on any atom is 0.219 e. The summed E-state index contributed by atoms with van der Waals surface area (Å²) >= 11 is 0. The predicted octanol–water partition coefficient (Wildman–Crippen LogP) is -0.360. The van der Waals surface area contributed by atoms with Gasteiger partial charge in [0, 0.05) is 25.4 Å². The van der Waals surface area contributed by atoms with Crippen molar-refractivity contribution in [3.63, 3.8) is 0 Å². The van der Waals surface area contributed by atoms with Gasteiger partial charge in [-0.25, -0.2) is 0 Å². The van der Waals surface area contributed by atoms with Gasteiger partial charge in [-0.1, -0.05) is 13.8 Å². The van der Waals surface area contributed by atoms with Crippen molar-refractivity contribution in [1.82, 2.24) is 10.2 Å². The molecule has 0 bridgehead atoms. The molecule has 0 spiro atoms. The molecule has 0 aromatic rings. The van der Waals surface area contributed by atoms with Crippen molar-refractivity contribution in [2.24, 2.45) is 5.92 Å². The van der Waals surface area contributed by atoms with Crippen LogP contribution in [-0.4, -0.2) is 54.5 Å². The molecule has 0 saturated heterocycles. The maximum atomic E-state index is 11.5. The summed E-state index contributed by atoms with van der Waals surface area (Å²) in [6, 6.07) is -0.191. The van der Waals surface area contributed by atoms with Crippen molar-refractivity contribution in [2.75, 3.05) is 26.7 Å². The fourth-order valence-electron chi connectivity index (χ4n) is 1.18. The number of hydrogen-bond donors (Lipinski definition) is 2. The largest absolute Gasteiger partial charge is 0.395 e. The van der Waals surface area contributed by atoms with Crippen LogP contribution in [0, 0.1) is 5.92 Å². The van der Waals surface area contributed by atoms with Crippen molar-refractivity contribution < 1.29 is 14.7 Å². The normalized spacial score (nSPS) is 12.6. The van der Waals surface area contributed by atoms with Gasteiger partial charge in [0.1, 0.15) is 0 Å². The molecule has 16 heavy (non-hydrogen) atoms. The zero-order chi connectivity index (χ0) is 12.7. The van der Waals surface area contributed by atoms with E-state index in [0.29, 0.717) is 6.54 Å². The van der Waals surface area contributed by atoms with Crippen molar-refractivity contribution in [1.29, 1.82) is 0 Å². The van der Waals surface area contributed by atoms with Crippen molar-refractivity contribution in [2.45, 2.75) is 26.8 Å². The molecule has 0 saturated carbocycles. The summed E-state index contributed by atoms with van der Waals surface area (Å²) in [4.78, 5) is 24.3. The summed E-state index contributed by atoms with van der Waals surface area (Å²) < 4.78 is 0. The second-order valence-electron chi connectivity index (χ2n) is 4.19. The topological polar surface area (TPSA) is 69.6 Å². The van der Waals surface area contributed by atoms with Crippen LogP contribution in [0.4, 0.5) is 0 Å². The molecule has 1 amide bonds. The van der Waals surface area contributed by atoms with E-state index < -0.39 is 0 Å². The number of nitrogens with zero attached hydrogens (tertiary/aromatic N) is 1. The number of carbonyl (C=O) groups is 2. The molecule has 0 fully saturated rings. The molecule has 0 heterocycles. The van der Waals surface area contributed by atoms with Gasteiger partial charge >= 0.3 is 0 Å². The first-order chi connectivity index (χ1) is 7.42. The molecule has 2 N–H and O–H groups in total. The lowest BCUT2D eigenvalue weighted by atomic mass is 10.1. The molecule has 5 nitrogen and oxygen atoms in total. The van der Waals surface area contributed by atoms with E-state index in [1.807, 2.05) is 13.8 Å². The number of amides is 1. The second kappa shape index (κ2) is 7.35. The summed E-state index contributed by atoms with van der Waals surface area (Å²) in [5.41, 5.74) is 0. The van der Waals surface area contributed by atoms with Crippen LogP contribution in [-0.2, 0) is 9.59 Å². The number of ketones is 1. The van der Waals surface area contributed by atoms with E-state index in [-0.39, 0.29) is 36.8 Å². The Balaban J connectivity index is 4.39. The lowest BCUT2D eigenvalue weighted by Crippen LogP contribution is -2.46. The fourth-order valence-corrected chi connectivity index (χ4v) is 1.18. The van der Waals surface area contributed by atoms with Gasteiger partial charge in [0.2, 0.25) is 5.91 Å². The predicted molar refractivity (Wildman–Crippen MR) is 62.0 cm³/mol. The second-order valence-corrected chi connectivity index (χ2v) is 4.19. The highest BCUT2D eigenvalue weighted by Crippen LogP contribution is 2.00. The zero-order valence-corrected chi connectivity index (χ0v) is 10.5. The Morgan fingerprint density at radius 1 is 1.38 bits per heavy atom. The standard InChI is InChI=1S/C11H22N2O3/c1-8(2)11(16)6-13(9(3)15)5-10(7-14)12-4/h8,10,12,14H,5-7H2,1-4H3. The lowest BCUT2D eigenvalue weighted by molar-refractivity contribution is -0.135. The van der Waals surface area contributed by atoms with Crippen molar-refractivity contribution in [3.05, 3.63) is 0 Å². The van der Waals surface area contributed by atoms with Gasteiger partial charge in [-0.05, 0) is 7.05 Å². The van der Waals surface area contributed by atoms with Crippen LogP contribution in [0.1, 0.15) is 20.8 Å². The first-order valence-electron chi connectivity index (χ1n) is 5.48. The van der Waals surface area contributed by atoms with Gasteiger partial charge < -0.3 is 15.3 Å². The summed E-state index contributed by atoms with van der Waals surface area (Å²) in [5, 5.41) is 11.9. The molecule has 0 aromatic heterocycles. The highest BCUT2D eigenvalue weighted by molar-refractivity contribution is 5.86. The highest BCUT2D eigenvalue weighted by atomic mass is 16.3. The van der Waals surface area contributed by atoms with Crippen LogP contribution in [0.2, 0.25) is 0 Å². The van der Waals surface area contributed by atoms with Crippen molar-refractivity contribution in [3.8, 4) is 0 Å². The van der Waals surface area contributed by atoms with Crippen LogP contribution < -0.4 is 5.32 Å². The Hall–Kier alpha value is -0.940. The fraction of sp³-hybridized carbons (Fsp3) is 0.818. The number of Topliss-reactive ketones (excluding diaryl/α,β-unsaturated/α-hetero) is 1. The molecule has 0 radical (unpaired) electrons. The number of rotatable bonds is 7. The summed E-state index contributed by atoms with van der Waals surface area (Å²) in [6.45, 7) is 5.45. The van der Waals surface area contributed by atoms with Crippen LogP contribution in [0.25, 0.3) is 0 Å². The van der Waals surface area contributed by atoms with Crippen LogP contribution in [0.5, 0.6) is 0 Å². The summed E-state index contributed by atoms with van der Waals surface area (Å²) in [7, 11) is 1.71. The zero-order valence-electron chi connectivity index (χ0n) is 10.5. The Labute approximate surface area is 96.8 Å². The summed E-state index contributed by atoms with van der Waals surface area (Å²) in [6.07, 6.45) is 0. The van der Waals surface area contributed by atoms with Gasteiger partial charge in [-0.2, -0.15) is 0 Å². The first-order valence-corrected chi connectivity index (χ1v) is 5.48. The van der Waals surface area contributed by atoms with E-state index in [0.717, 1.165) is 0 Å². The Bertz CT molecular complexity index is 237. The maximum absolute atomic E-state index is 11.5. The number of aliphatic hydroxyl groups excluding tert-OH is 1. The molecule has 94 valence electrons.